The number of aliphatic hydroxyl groups excluding tert-OH is 1. The standard InChI is InChI=1S/C24H34O5/c1-13-10-17-18-7-9-24(14(2)25,29-15(3)26)23(18,5)12-20(28)21(17)22(4)8-6-16(27)11-19(13)22/h11,13,17-18,20-21,28H,6-10,12H2,1-5H3/t13?,17-,18-,20?,21+,22-,23-,24-/m0/s1. The summed E-state index contributed by atoms with van der Waals surface area (Å²) in [6.45, 7) is 9.36. The molecule has 0 amide bonds. The summed E-state index contributed by atoms with van der Waals surface area (Å²) in [5.74, 6) is 0.492. The highest BCUT2D eigenvalue weighted by atomic mass is 16.6. The molecule has 0 heterocycles. The Kier molecular flexibility index (Phi) is 4.66. The van der Waals surface area contributed by atoms with Crippen molar-refractivity contribution in [1.82, 2.24) is 0 Å². The summed E-state index contributed by atoms with van der Waals surface area (Å²) in [6, 6.07) is 0. The molecule has 0 aromatic rings. The fourth-order valence-electron chi connectivity index (χ4n) is 8.17. The normalized spacial score (nSPS) is 48.8. The van der Waals surface area contributed by atoms with Crippen LogP contribution >= 0.6 is 0 Å². The Labute approximate surface area is 173 Å². The Bertz CT molecular complexity index is 799. The van der Waals surface area contributed by atoms with Crippen LogP contribution in [-0.2, 0) is 19.1 Å². The molecule has 3 saturated carbocycles. The number of allylic oxidation sites excluding steroid dienone is 1. The Hall–Kier alpha value is -1.49. The predicted molar refractivity (Wildman–Crippen MR) is 108 cm³/mol. The van der Waals surface area contributed by atoms with E-state index in [1.54, 1.807) is 0 Å². The van der Waals surface area contributed by atoms with Gasteiger partial charge in [-0.3, -0.25) is 14.4 Å². The summed E-state index contributed by atoms with van der Waals surface area (Å²) >= 11 is 0. The van der Waals surface area contributed by atoms with Crippen molar-refractivity contribution in [1.29, 1.82) is 0 Å². The third-order valence-electron chi connectivity index (χ3n) is 9.22. The molecule has 4 rings (SSSR count). The van der Waals surface area contributed by atoms with Crippen molar-refractivity contribution in [3.05, 3.63) is 11.6 Å². The van der Waals surface area contributed by atoms with Crippen LogP contribution in [0.1, 0.15) is 73.1 Å². The molecule has 1 N–H and O–H groups in total. The van der Waals surface area contributed by atoms with Crippen molar-refractivity contribution in [2.75, 3.05) is 0 Å². The smallest absolute Gasteiger partial charge is 0.303 e. The number of ether oxygens (including phenoxy) is 1. The van der Waals surface area contributed by atoms with Gasteiger partial charge in [-0.1, -0.05) is 26.3 Å². The first-order valence-electron chi connectivity index (χ1n) is 11.1. The van der Waals surface area contributed by atoms with E-state index in [9.17, 15) is 19.5 Å². The summed E-state index contributed by atoms with van der Waals surface area (Å²) < 4.78 is 5.78. The van der Waals surface area contributed by atoms with E-state index >= 15 is 0 Å². The van der Waals surface area contributed by atoms with E-state index in [1.165, 1.54) is 19.4 Å². The minimum atomic E-state index is -1.14. The molecule has 5 heteroatoms. The molecule has 4 aliphatic rings. The molecule has 160 valence electrons. The second kappa shape index (κ2) is 6.50. The van der Waals surface area contributed by atoms with Crippen LogP contribution in [0.3, 0.4) is 0 Å². The van der Waals surface area contributed by atoms with Crippen molar-refractivity contribution in [3.63, 3.8) is 0 Å². The molecule has 0 bridgehead atoms. The molecule has 2 unspecified atom stereocenters. The van der Waals surface area contributed by atoms with Gasteiger partial charge < -0.3 is 9.84 Å². The van der Waals surface area contributed by atoms with Crippen LogP contribution in [0.5, 0.6) is 0 Å². The highest BCUT2D eigenvalue weighted by Crippen LogP contribution is 2.69. The summed E-state index contributed by atoms with van der Waals surface area (Å²) in [5, 5.41) is 11.5. The van der Waals surface area contributed by atoms with Gasteiger partial charge >= 0.3 is 5.97 Å². The number of carbonyl (C=O) groups is 3. The van der Waals surface area contributed by atoms with Gasteiger partial charge in [0.25, 0.3) is 0 Å². The SMILES string of the molecule is CC(=O)O[C@]1(C(C)=O)CC[C@H]2[C@@H]3CC(C)C4=CC(=O)CC[C@]4(C)[C@H]3C(O)C[C@@]21C. The zero-order valence-electron chi connectivity index (χ0n) is 18.3. The first-order valence-corrected chi connectivity index (χ1v) is 11.1. The van der Waals surface area contributed by atoms with Gasteiger partial charge in [-0.05, 0) is 74.2 Å². The van der Waals surface area contributed by atoms with Crippen LogP contribution in [0.25, 0.3) is 0 Å². The lowest BCUT2D eigenvalue weighted by molar-refractivity contribution is -0.200. The zero-order valence-corrected chi connectivity index (χ0v) is 18.3. The number of carbonyl (C=O) groups excluding carboxylic acids is 3. The highest BCUT2D eigenvalue weighted by Gasteiger charge is 2.70. The monoisotopic (exact) mass is 402 g/mol. The van der Waals surface area contributed by atoms with Crippen molar-refractivity contribution < 1.29 is 24.2 Å². The van der Waals surface area contributed by atoms with Gasteiger partial charge in [0.15, 0.2) is 17.2 Å². The highest BCUT2D eigenvalue weighted by molar-refractivity contribution is 5.92. The second-order valence-electron chi connectivity index (χ2n) is 10.6. The molecule has 8 atom stereocenters. The topological polar surface area (TPSA) is 80.7 Å². The van der Waals surface area contributed by atoms with E-state index in [0.717, 1.165) is 19.3 Å². The lowest BCUT2D eigenvalue weighted by Gasteiger charge is -2.61. The van der Waals surface area contributed by atoms with Crippen molar-refractivity contribution >= 4 is 17.5 Å². The molecule has 3 fully saturated rings. The van der Waals surface area contributed by atoms with E-state index in [0.29, 0.717) is 19.3 Å². The van der Waals surface area contributed by atoms with Crippen molar-refractivity contribution in [3.8, 4) is 0 Å². The van der Waals surface area contributed by atoms with Crippen molar-refractivity contribution in [2.24, 2.45) is 34.5 Å². The van der Waals surface area contributed by atoms with E-state index in [4.69, 9.17) is 4.74 Å². The van der Waals surface area contributed by atoms with E-state index in [1.807, 2.05) is 6.08 Å². The van der Waals surface area contributed by atoms with Crippen LogP contribution in [0, 0.1) is 34.5 Å². The second-order valence-corrected chi connectivity index (χ2v) is 10.6. The number of ketones is 2. The molecular weight excluding hydrogens is 368 g/mol. The lowest BCUT2D eigenvalue weighted by Crippen LogP contribution is -2.63. The number of rotatable bonds is 2. The lowest BCUT2D eigenvalue weighted by atomic mass is 9.44. The van der Waals surface area contributed by atoms with Crippen molar-refractivity contribution in [2.45, 2.75) is 84.8 Å². The molecule has 0 saturated heterocycles. The fourth-order valence-corrected chi connectivity index (χ4v) is 8.17. The zero-order chi connectivity index (χ0) is 21.4. The van der Waals surface area contributed by atoms with E-state index < -0.39 is 23.1 Å². The number of hydrogen-bond donors (Lipinski definition) is 1. The average molecular weight is 403 g/mol. The minimum absolute atomic E-state index is 0.0798. The first kappa shape index (κ1) is 20.8. The quantitative estimate of drug-likeness (QED) is 0.714. The molecular formula is C24H34O5. The maximum atomic E-state index is 12.8. The minimum Gasteiger partial charge on any atom is -0.451 e. The fraction of sp³-hybridized carbons (Fsp3) is 0.792. The number of hydrogen-bond acceptors (Lipinski definition) is 5. The molecule has 29 heavy (non-hydrogen) atoms. The average Bonchev–Trinajstić information content (AvgIpc) is 2.89. The largest absolute Gasteiger partial charge is 0.451 e. The maximum absolute atomic E-state index is 12.8. The number of aliphatic hydroxyl groups is 1. The Morgan fingerprint density at radius 2 is 1.90 bits per heavy atom. The van der Waals surface area contributed by atoms with E-state index in [2.05, 4.69) is 20.8 Å². The molecule has 4 aliphatic carbocycles. The van der Waals surface area contributed by atoms with Gasteiger partial charge in [0.1, 0.15) is 0 Å². The molecule has 0 radical (unpaired) electrons. The third-order valence-corrected chi connectivity index (χ3v) is 9.22. The van der Waals surface area contributed by atoms with Crippen LogP contribution in [-0.4, -0.2) is 34.3 Å². The predicted octanol–water partition coefficient (Wildman–Crippen LogP) is 3.63. The van der Waals surface area contributed by atoms with Gasteiger partial charge in [-0.15, -0.1) is 0 Å². The first-order chi connectivity index (χ1) is 13.5. The van der Waals surface area contributed by atoms with Gasteiger partial charge in [0, 0.05) is 18.8 Å². The van der Waals surface area contributed by atoms with E-state index in [-0.39, 0.29) is 40.7 Å². The summed E-state index contributed by atoms with van der Waals surface area (Å²) in [6.07, 6.45) is 5.31. The molecule has 5 nitrogen and oxygen atoms in total. The van der Waals surface area contributed by atoms with Gasteiger partial charge in [0.05, 0.1) is 6.10 Å². The van der Waals surface area contributed by atoms with Crippen LogP contribution in [0.4, 0.5) is 0 Å². The number of esters is 1. The Balaban J connectivity index is 1.79. The molecule has 0 aromatic carbocycles. The maximum Gasteiger partial charge on any atom is 0.303 e. The number of fused-ring (bicyclic) bond motifs is 5. The summed E-state index contributed by atoms with van der Waals surface area (Å²) in [5.41, 5.74) is -0.682. The van der Waals surface area contributed by atoms with Crippen LogP contribution < -0.4 is 0 Å². The Morgan fingerprint density at radius 1 is 1.21 bits per heavy atom. The van der Waals surface area contributed by atoms with Gasteiger partial charge in [0.2, 0.25) is 0 Å². The number of Topliss-reactive ketones (excluding diaryl/α,β-unsaturated/α-hetero) is 1. The van der Waals surface area contributed by atoms with Crippen LogP contribution in [0.15, 0.2) is 11.6 Å². The Morgan fingerprint density at radius 3 is 2.52 bits per heavy atom. The molecule has 0 aromatic heterocycles. The van der Waals surface area contributed by atoms with Gasteiger partial charge in [-0.2, -0.15) is 0 Å². The third kappa shape index (κ3) is 2.65. The molecule has 0 aliphatic heterocycles. The summed E-state index contributed by atoms with van der Waals surface area (Å²) in [7, 11) is 0. The van der Waals surface area contributed by atoms with Crippen LogP contribution in [0.2, 0.25) is 0 Å². The molecule has 0 spiro atoms. The van der Waals surface area contributed by atoms with Gasteiger partial charge in [-0.25, -0.2) is 0 Å². The summed E-state index contributed by atoms with van der Waals surface area (Å²) in [4.78, 5) is 36.9.